The highest BCUT2D eigenvalue weighted by Crippen LogP contribution is 2.41. The number of aryl methyl sites for hydroxylation is 2. The third-order valence-corrected chi connectivity index (χ3v) is 7.17. The Balaban J connectivity index is 1.47. The summed E-state index contributed by atoms with van der Waals surface area (Å²) in [6.07, 6.45) is 2.06. The number of nitrogens with one attached hydrogen (secondary N) is 1. The number of halogens is 1. The van der Waals surface area contributed by atoms with Crippen LogP contribution in [-0.2, 0) is 5.75 Å². The van der Waals surface area contributed by atoms with E-state index in [4.69, 9.17) is 0 Å². The first kappa shape index (κ1) is 18.5. The lowest BCUT2D eigenvalue weighted by Crippen LogP contribution is -2.11. The predicted octanol–water partition coefficient (Wildman–Crippen LogP) is 4.63. The Morgan fingerprint density at radius 2 is 2.07 bits per heavy atom. The third-order valence-electron chi connectivity index (χ3n) is 5.12. The fourth-order valence-electron chi connectivity index (χ4n) is 3.36. The lowest BCUT2D eigenvalue weighted by molar-refractivity contribution is 0.622. The zero-order chi connectivity index (χ0) is 20.1. The van der Waals surface area contributed by atoms with Crippen LogP contribution in [0.25, 0.3) is 21.6 Å². The van der Waals surface area contributed by atoms with Crippen LogP contribution in [0.1, 0.15) is 35.1 Å². The maximum atomic E-state index is 14.3. The molecule has 29 heavy (non-hydrogen) atoms. The SMILES string of the molecule is Cc1sc2nc(CSc3nnc(-c4ccccc4F)n3C3CC3)[nH]c(=O)c2c1C. The summed E-state index contributed by atoms with van der Waals surface area (Å²) in [7, 11) is 0. The Morgan fingerprint density at radius 1 is 1.28 bits per heavy atom. The van der Waals surface area contributed by atoms with Gasteiger partial charge in [-0.15, -0.1) is 21.5 Å². The van der Waals surface area contributed by atoms with Crippen LogP contribution in [0.4, 0.5) is 4.39 Å². The maximum Gasteiger partial charge on any atom is 0.259 e. The second-order valence-electron chi connectivity index (χ2n) is 7.15. The molecule has 0 spiro atoms. The molecule has 0 atom stereocenters. The molecule has 5 rings (SSSR count). The van der Waals surface area contributed by atoms with Gasteiger partial charge in [0.1, 0.15) is 16.5 Å². The summed E-state index contributed by atoms with van der Waals surface area (Å²) in [6.45, 7) is 3.94. The highest BCUT2D eigenvalue weighted by molar-refractivity contribution is 7.98. The van der Waals surface area contributed by atoms with E-state index in [1.54, 1.807) is 18.2 Å². The summed E-state index contributed by atoms with van der Waals surface area (Å²) in [4.78, 5) is 21.9. The number of H-pyrrole nitrogens is 1. The summed E-state index contributed by atoms with van der Waals surface area (Å²) in [5.74, 6) is 1.31. The number of thioether (sulfide) groups is 1. The monoisotopic (exact) mass is 427 g/mol. The smallest absolute Gasteiger partial charge is 0.259 e. The van der Waals surface area contributed by atoms with E-state index in [0.29, 0.717) is 39.5 Å². The van der Waals surface area contributed by atoms with Gasteiger partial charge in [0, 0.05) is 10.9 Å². The predicted molar refractivity (Wildman–Crippen MR) is 113 cm³/mol. The summed E-state index contributed by atoms with van der Waals surface area (Å²) >= 11 is 2.99. The molecule has 1 fully saturated rings. The standard InChI is InChI=1S/C20H18FN5OS2/c1-10-11(2)29-19-16(10)18(27)22-15(23-19)9-28-20-25-24-17(26(20)12-7-8-12)13-5-3-4-6-14(13)21/h3-6,12H,7-9H2,1-2H3,(H,22,23,27). The molecule has 3 aromatic heterocycles. The van der Waals surface area contributed by atoms with Gasteiger partial charge in [0.2, 0.25) is 0 Å². The maximum absolute atomic E-state index is 14.3. The minimum absolute atomic E-state index is 0.108. The molecule has 0 bridgehead atoms. The number of thiophene rings is 1. The molecular formula is C20H18FN5OS2. The van der Waals surface area contributed by atoms with E-state index in [1.807, 2.05) is 18.4 Å². The average Bonchev–Trinajstić information content (AvgIpc) is 3.38. The van der Waals surface area contributed by atoms with Crippen molar-refractivity contribution < 1.29 is 4.39 Å². The first-order valence-corrected chi connectivity index (χ1v) is 11.1. The van der Waals surface area contributed by atoms with Crippen LogP contribution in [0.3, 0.4) is 0 Å². The van der Waals surface area contributed by atoms with E-state index in [0.717, 1.165) is 28.1 Å². The summed E-state index contributed by atoms with van der Waals surface area (Å²) in [5.41, 5.74) is 1.33. The Labute approximate surface area is 174 Å². The van der Waals surface area contributed by atoms with Gasteiger partial charge in [-0.05, 0) is 44.4 Å². The Hall–Kier alpha value is -2.52. The first-order valence-electron chi connectivity index (χ1n) is 9.34. The third kappa shape index (κ3) is 3.28. The van der Waals surface area contributed by atoms with Crippen molar-refractivity contribution in [3.05, 3.63) is 56.7 Å². The van der Waals surface area contributed by atoms with Gasteiger partial charge in [0.25, 0.3) is 5.56 Å². The van der Waals surface area contributed by atoms with Crippen LogP contribution in [0.2, 0.25) is 0 Å². The summed E-state index contributed by atoms with van der Waals surface area (Å²) < 4.78 is 16.3. The van der Waals surface area contributed by atoms with Gasteiger partial charge >= 0.3 is 0 Å². The molecule has 4 aromatic rings. The van der Waals surface area contributed by atoms with Crippen LogP contribution < -0.4 is 5.56 Å². The highest BCUT2D eigenvalue weighted by atomic mass is 32.2. The quantitative estimate of drug-likeness (QED) is 0.470. The number of aromatic nitrogens is 5. The van der Waals surface area contributed by atoms with Crippen molar-refractivity contribution >= 4 is 33.3 Å². The number of hydrogen-bond donors (Lipinski definition) is 1. The van der Waals surface area contributed by atoms with Gasteiger partial charge < -0.3 is 4.98 Å². The van der Waals surface area contributed by atoms with E-state index >= 15 is 0 Å². The van der Waals surface area contributed by atoms with Crippen LogP contribution in [0.15, 0.2) is 34.2 Å². The largest absolute Gasteiger partial charge is 0.309 e. The fourth-order valence-corrected chi connectivity index (χ4v) is 5.29. The number of benzene rings is 1. The minimum Gasteiger partial charge on any atom is -0.309 e. The molecule has 1 N–H and O–H groups in total. The number of aromatic amines is 1. The minimum atomic E-state index is -0.307. The molecule has 148 valence electrons. The topological polar surface area (TPSA) is 76.5 Å². The van der Waals surface area contributed by atoms with Crippen molar-refractivity contribution in [2.24, 2.45) is 0 Å². The zero-order valence-electron chi connectivity index (χ0n) is 15.9. The molecule has 0 aliphatic heterocycles. The second kappa shape index (κ2) is 7.07. The molecule has 0 saturated heterocycles. The molecular weight excluding hydrogens is 409 g/mol. The van der Waals surface area contributed by atoms with Crippen molar-refractivity contribution in [1.82, 2.24) is 24.7 Å². The zero-order valence-corrected chi connectivity index (χ0v) is 17.5. The molecule has 6 nitrogen and oxygen atoms in total. The Bertz CT molecular complexity index is 1290. The normalized spacial score (nSPS) is 14.0. The van der Waals surface area contributed by atoms with Crippen molar-refractivity contribution in [1.29, 1.82) is 0 Å². The molecule has 1 aliphatic rings. The second-order valence-corrected chi connectivity index (χ2v) is 9.30. The van der Waals surface area contributed by atoms with Gasteiger partial charge in [-0.2, -0.15) is 0 Å². The van der Waals surface area contributed by atoms with Gasteiger partial charge in [-0.3, -0.25) is 9.36 Å². The van der Waals surface area contributed by atoms with Crippen molar-refractivity contribution in [3.8, 4) is 11.4 Å². The Kier molecular flexibility index (Phi) is 4.51. The lowest BCUT2D eigenvalue weighted by Gasteiger charge is -2.09. The Morgan fingerprint density at radius 3 is 2.83 bits per heavy atom. The number of nitrogens with zero attached hydrogens (tertiary/aromatic N) is 4. The van der Waals surface area contributed by atoms with Crippen molar-refractivity contribution in [2.75, 3.05) is 0 Å². The molecule has 1 saturated carbocycles. The van der Waals surface area contributed by atoms with E-state index < -0.39 is 0 Å². The first-order chi connectivity index (χ1) is 14.0. The molecule has 1 aromatic carbocycles. The van der Waals surface area contributed by atoms with Crippen LogP contribution >= 0.6 is 23.1 Å². The molecule has 0 radical (unpaired) electrons. The fraction of sp³-hybridized carbons (Fsp3) is 0.300. The molecule has 0 amide bonds. The lowest BCUT2D eigenvalue weighted by atomic mass is 10.2. The van der Waals surface area contributed by atoms with Crippen molar-refractivity contribution in [3.63, 3.8) is 0 Å². The molecule has 3 heterocycles. The molecule has 9 heteroatoms. The number of hydrogen-bond acceptors (Lipinski definition) is 6. The van der Waals surface area contributed by atoms with E-state index in [2.05, 4.69) is 20.2 Å². The van der Waals surface area contributed by atoms with Crippen LogP contribution in [-0.4, -0.2) is 24.7 Å². The van der Waals surface area contributed by atoms with E-state index in [1.165, 1.54) is 29.2 Å². The van der Waals surface area contributed by atoms with Crippen molar-refractivity contribution in [2.45, 2.75) is 43.6 Å². The van der Waals surface area contributed by atoms with Crippen LogP contribution in [0, 0.1) is 19.7 Å². The highest BCUT2D eigenvalue weighted by Gasteiger charge is 2.31. The molecule has 0 unspecified atom stereocenters. The summed E-state index contributed by atoms with van der Waals surface area (Å²) in [5, 5.41) is 9.96. The van der Waals surface area contributed by atoms with Gasteiger partial charge in [-0.25, -0.2) is 9.37 Å². The van der Waals surface area contributed by atoms with Gasteiger partial charge in [0.05, 0.1) is 16.7 Å². The average molecular weight is 428 g/mol. The number of rotatable bonds is 5. The van der Waals surface area contributed by atoms with Gasteiger partial charge in [-0.1, -0.05) is 23.9 Å². The van der Waals surface area contributed by atoms with E-state index in [9.17, 15) is 9.18 Å². The van der Waals surface area contributed by atoms with Crippen LogP contribution in [0.5, 0.6) is 0 Å². The summed E-state index contributed by atoms with van der Waals surface area (Å²) in [6, 6.07) is 6.91. The molecule has 1 aliphatic carbocycles. The van der Waals surface area contributed by atoms with E-state index in [-0.39, 0.29) is 11.4 Å². The van der Waals surface area contributed by atoms with Gasteiger partial charge in [0.15, 0.2) is 11.0 Å². The number of fused-ring (bicyclic) bond motifs is 1.